The van der Waals surface area contributed by atoms with Crippen molar-refractivity contribution in [3.8, 4) is 0 Å². The number of hydrogen-bond acceptors (Lipinski definition) is 3. The molecule has 1 amide bonds. The standard InChI is InChI=1S/C11H17N3O2/c12-8-5-10(13-6-8)11(16)14-4-2-1-3-9(14)7-15/h5-6,9,13,15H,1-4,7,12H2. The molecule has 1 aromatic heterocycles. The fraction of sp³-hybridized carbons (Fsp3) is 0.545. The number of aromatic amines is 1. The van der Waals surface area contributed by atoms with E-state index < -0.39 is 0 Å². The van der Waals surface area contributed by atoms with E-state index in [0.717, 1.165) is 19.3 Å². The van der Waals surface area contributed by atoms with Gasteiger partial charge in [0.15, 0.2) is 0 Å². The number of carbonyl (C=O) groups is 1. The van der Waals surface area contributed by atoms with Crippen LogP contribution in [-0.2, 0) is 0 Å². The molecule has 1 aromatic rings. The summed E-state index contributed by atoms with van der Waals surface area (Å²) in [4.78, 5) is 16.7. The predicted octanol–water partition coefficient (Wildman–Crippen LogP) is 0.584. The van der Waals surface area contributed by atoms with Crippen molar-refractivity contribution >= 4 is 11.6 Å². The fourth-order valence-electron chi connectivity index (χ4n) is 2.15. The third-order valence-corrected chi connectivity index (χ3v) is 3.03. The summed E-state index contributed by atoms with van der Waals surface area (Å²) in [5, 5.41) is 9.23. The molecule has 1 aliphatic heterocycles. The smallest absolute Gasteiger partial charge is 0.270 e. The summed E-state index contributed by atoms with van der Waals surface area (Å²) in [6.45, 7) is 0.741. The molecule has 88 valence electrons. The van der Waals surface area contributed by atoms with Gasteiger partial charge in [-0.2, -0.15) is 0 Å². The largest absolute Gasteiger partial charge is 0.397 e. The maximum Gasteiger partial charge on any atom is 0.270 e. The minimum atomic E-state index is -0.0737. The molecule has 2 heterocycles. The van der Waals surface area contributed by atoms with Gasteiger partial charge >= 0.3 is 0 Å². The van der Waals surface area contributed by atoms with E-state index in [1.165, 1.54) is 0 Å². The summed E-state index contributed by atoms with van der Waals surface area (Å²) >= 11 is 0. The molecule has 0 bridgehead atoms. The molecule has 0 saturated carbocycles. The van der Waals surface area contributed by atoms with Crippen LogP contribution in [0.4, 0.5) is 5.69 Å². The highest BCUT2D eigenvalue weighted by Gasteiger charge is 2.27. The highest BCUT2D eigenvalue weighted by atomic mass is 16.3. The number of nitrogens with zero attached hydrogens (tertiary/aromatic N) is 1. The second kappa shape index (κ2) is 4.57. The number of H-pyrrole nitrogens is 1. The Hall–Kier alpha value is -1.49. The van der Waals surface area contributed by atoms with Gasteiger partial charge in [0.1, 0.15) is 5.69 Å². The number of nitrogen functional groups attached to an aromatic ring is 1. The van der Waals surface area contributed by atoms with Gasteiger partial charge in [0.2, 0.25) is 0 Å². The van der Waals surface area contributed by atoms with Gasteiger partial charge in [-0.25, -0.2) is 0 Å². The first-order valence-corrected chi connectivity index (χ1v) is 5.58. The number of aliphatic hydroxyl groups excluding tert-OH is 1. The van der Waals surface area contributed by atoms with E-state index in [9.17, 15) is 9.90 Å². The van der Waals surface area contributed by atoms with Crippen LogP contribution < -0.4 is 5.73 Å². The van der Waals surface area contributed by atoms with Crippen molar-refractivity contribution < 1.29 is 9.90 Å². The zero-order chi connectivity index (χ0) is 11.5. The molecule has 1 atom stereocenters. The molecule has 1 aliphatic rings. The SMILES string of the molecule is Nc1c[nH]c(C(=O)N2CCCCC2CO)c1. The van der Waals surface area contributed by atoms with Crippen molar-refractivity contribution in [2.75, 3.05) is 18.9 Å². The molecule has 0 aromatic carbocycles. The molecule has 4 N–H and O–H groups in total. The normalized spacial score (nSPS) is 21.1. The van der Waals surface area contributed by atoms with Crippen LogP contribution in [0.3, 0.4) is 0 Å². The fourth-order valence-corrected chi connectivity index (χ4v) is 2.15. The number of aromatic nitrogens is 1. The van der Waals surface area contributed by atoms with Crippen molar-refractivity contribution in [3.63, 3.8) is 0 Å². The quantitative estimate of drug-likeness (QED) is 0.686. The topological polar surface area (TPSA) is 82.4 Å². The summed E-state index contributed by atoms with van der Waals surface area (Å²) in [5.41, 5.74) is 6.62. The Morgan fingerprint density at radius 3 is 3.06 bits per heavy atom. The molecule has 1 unspecified atom stereocenters. The number of amides is 1. The van der Waals surface area contributed by atoms with Crippen LogP contribution in [0.1, 0.15) is 29.8 Å². The Bertz CT molecular complexity index is 375. The Kier molecular flexibility index (Phi) is 3.14. The van der Waals surface area contributed by atoms with Crippen LogP contribution in [0.5, 0.6) is 0 Å². The second-order valence-electron chi connectivity index (χ2n) is 4.18. The van der Waals surface area contributed by atoms with Crippen molar-refractivity contribution in [1.82, 2.24) is 9.88 Å². The summed E-state index contributed by atoms with van der Waals surface area (Å²) in [7, 11) is 0. The van der Waals surface area contributed by atoms with Crippen molar-refractivity contribution in [2.24, 2.45) is 0 Å². The maximum absolute atomic E-state index is 12.1. The van der Waals surface area contributed by atoms with Gasteiger partial charge in [0.25, 0.3) is 5.91 Å². The molecule has 1 fully saturated rings. The molecule has 2 rings (SSSR count). The number of hydrogen-bond donors (Lipinski definition) is 3. The lowest BCUT2D eigenvalue weighted by atomic mass is 10.0. The lowest BCUT2D eigenvalue weighted by Crippen LogP contribution is -2.45. The van der Waals surface area contributed by atoms with Crippen molar-refractivity contribution in [1.29, 1.82) is 0 Å². The van der Waals surface area contributed by atoms with E-state index in [1.54, 1.807) is 17.2 Å². The van der Waals surface area contributed by atoms with E-state index in [0.29, 0.717) is 17.9 Å². The molecule has 5 heteroatoms. The van der Waals surface area contributed by atoms with E-state index in [4.69, 9.17) is 5.73 Å². The number of rotatable bonds is 2. The number of nitrogens with one attached hydrogen (secondary N) is 1. The third-order valence-electron chi connectivity index (χ3n) is 3.03. The Morgan fingerprint density at radius 2 is 2.44 bits per heavy atom. The molecule has 0 aliphatic carbocycles. The van der Waals surface area contributed by atoms with Crippen LogP contribution in [0.15, 0.2) is 12.3 Å². The van der Waals surface area contributed by atoms with Gasteiger partial charge in [0, 0.05) is 18.4 Å². The first-order valence-electron chi connectivity index (χ1n) is 5.58. The summed E-state index contributed by atoms with van der Waals surface area (Å²) < 4.78 is 0. The lowest BCUT2D eigenvalue weighted by Gasteiger charge is -2.34. The molecule has 1 saturated heterocycles. The first kappa shape index (κ1) is 11.0. The summed E-state index contributed by atoms with van der Waals surface area (Å²) in [6, 6.07) is 1.58. The number of aliphatic hydroxyl groups is 1. The van der Waals surface area contributed by atoms with Gasteiger partial charge in [-0.1, -0.05) is 0 Å². The van der Waals surface area contributed by atoms with Crippen molar-refractivity contribution in [2.45, 2.75) is 25.3 Å². The van der Waals surface area contributed by atoms with E-state index in [2.05, 4.69) is 4.98 Å². The first-order chi connectivity index (χ1) is 7.72. The average Bonchev–Trinajstić information content (AvgIpc) is 2.75. The molecular weight excluding hydrogens is 206 g/mol. The monoisotopic (exact) mass is 223 g/mol. The zero-order valence-electron chi connectivity index (χ0n) is 9.15. The molecule has 16 heavy (non-hydrogen) atoms. The number of piperidine rings is 1. The van der Waals surface area contributed by atoms with Gasteiger partial charge in [-0.15, -0.1) is 0 Å². The number of nitrogens with two attached hydrogens (primary N) is 1. The minimum absolute atomic E-state index is 0.0297. The minimum Gasteiger partial charge on any atom is -0.397 e. The van der Waals surface area contributed by atoms with Crippen LogP contribution in [-0.4, -0.2) is 40.1 Å². The van der Waals surface area contributed by atoms with Crippen molar-refractivity contribution in [3.05, 3.63) is 18.0 Å². The second-order valence-corrected chi connectivity index (χ2v) is 4.18. The van der Waals surface area contributed by atoms with Gasteiger partial charge < -0.3 is 20.7 Å². The summed E-state index contributed by atoms with van der Waals surface area (Å²) in [6.07, 6.45) is 4.55. The molecule has 0 spiro atoms. The van der Waals surface area contributed by atoms with E-state index in [-0.39, 0.29) is 18.6 Å². The van der Waals surface area contributed by atoms with Gasteiger partial charge in [-0.05, 0) is 25.3 Å². The number of likely N-dealkylation sites (tertiary alicyclic amines) is 1. The van der Waals surface area contributed by atoms with Crippen LogP contribution in [0, 0.1) is 0 Å². The average molecular weight is 223 g/mol. The number of anilines is 1. The lowest BCUT2D eigenvalue weighted by molar-refractivity contribution is 0.0498. The molecule has 5 nitrogen and oxygen atoms in total. The van der Waals surface area contributed by atoms with Gasteiger partial charge in [0.05, 0.1) is 12.6 Å². The third kappa shape index (κ3) is 2.04. The molecular formula is C11H17N3O2. The highest BCUT2D eigenvalue weighted by Crippen LogP contribution is 2.19. The summed E-state index contributed by atoms with van der Waals surface area (Å²) in [5.74, 6) is -0.0737. The predicted molar refractivity (Wildman–Crippen MR) is 61.0 cm³/mol. The molecule has 0 radical (unpaired) electrons. The van der Waals surface area contributed by atoms with Crippen LogP contribution in [0.25, 0.3) is 0 Å². The maximum atomic E-state index is 12.1. The van der Waals surface area contributed by atoms with Crippen LogP contribution in [0.2, 0.25) is 0 Å². The van der Waals surface area contributed by atoms with Crippen LogP contribution >= 0.6 is 0 Å². The Morgan fingerprint density at radius 1 is 1.62 bits per heavy atom. The highest BCUT2D eigenvalue weighted by molar-refractivity contribution is 5.93. The number of carbonyl (C=O) groups excluding carboxylic acids is 1. The van der Waals surface area contributed by atoms with E-state index >= 15 is 0 Å². The van der Waals surface area contributed by atoms with E-state index in [1.807, 2.05) is 0 Å². The van der Waals surface area contributed by atoms with Gasteiger partial charge in [-0.3, -0.25) is 4.79 Å². The Balaban J connectivity index is 2.13. The zero-order valence-corrected chi connectivity index (χ0v) is 9.15. The Labute approximate surface area is 94.2 Å².